The molecule has 0 atom stereocenters. The molecule has 0 spiro atoms. The summed E-state index contributed by atoms with van der Waals surface area (Å²) in [5.74, 6) is 0.959. The number of aryl methyl sites for hydroxylation is 1. The van der Waals surface area contributed by atoms with Gasteiger partial charge in [0.2, 0.25) is 19.4 Å². The molecule has 36 heavy (non-hydrogen) atoms. The number of hydrogen-bond acceptors (Lipinski definition) is 9. The Bertz CT molecular complexity index is 1400. The Morgan fingerprint density at radius 3 is 2.58 bits per heavy atom. The van der Waals surface area contributed by atoms with Crippen LogP contribution in [0.1, 0.15) is 18.1 Å². The second-order valence-electron chi connectivity index (χ2n) is 7.81. The number of thioether (sulfide) groups is 2. The highest BCUT2D eigenvalue weighted by Gasteiger charge is 2.38. The second-order valence-corrected chi connectivity index (χ2v) is 12.1. The summed E-state index contributed by atoms with van der Waals surface area (Å²) in [6.07, 6.45) is 2.52. The summed E-state index contributed by atoms with van der Waals surface area (Å²) >= 11 is 2.45. The van der Waals surface area contributed by atoms with E-state index in [0.29, 0.717) is 30.3 Å². The molecule has 188 valence electrons. The lowest BCUT2D eigenvalue weighted by Gasteiger charge is -2.20. The number of nitrogens with one attached hydrogen (secondary N) is 1. The fourth-order valence-corrected chi connectivity index (χ4v) is 5.65. The lowest BCUT2D eigenvalue weighted by Crippen LogP contribution is -2.35. The number of rotatable bonds is 8. The Morgan fingerprint density at radius 1 is 1.14 bits per heavy atom. The Morgan fingerprint density at radius 2 is 1.89 bits per heavy atom. The molecule has 0 bridgehead atoms. The SMILES string of the molecule is CCOc1cc(/C=C2\C(=N)N3N=C(S(C)(=O)=O)SC3=NC2=O)ccc1OCCSc1ccc(C)cc1. The van der Waals surface area contributed by atoms with Gasteiger partial charge in [-0.25, -0.2) is 8.42 Å². The molecule has 2 heterocycles. The molecule has 0 radical (unpaired) electrons. The van der Waals surface area contributed by atoms with Crippen LogP contribution in [0.3, 0.4) is 0 Å². The first-order valence-corrected chi connectivity index (χ1v) is 14.6. The number of amides is 1. The third-order valence-electron chi connectivity index (χ3n) is 4.96. The first kappa shape index (κ1) is 26.0. The summed E-state index contributed by atoms with van der Waals surface area (Å²) in [6.45, 7) is 4.82. The minimum atomic E-state index is -3.59. The minimum Gasteiger partial charge on any atom is -0.490 e. The van der Waals surface area contributed by atoms with E-state index in [1.54, 1.807) is 30.0 Å². The predicted molar refractivity (Wildman–Crippen MR) is 145 cm³/mol. The molecule has 2 aromatic carbocycles. The highest BCUT2D eigenvalue weighted by molar-refractivity contribution is 8.42. The zero-order valence-electron chi connectivity index (χ0n) is 19.8. The van der Waals surface area contributed by atoms with Crippen LogP contribution in [0.25, 0.3) is 6.08 Å². The largest absolute Gasteiger partial charge is 0.490 e. The van der Waals surface area contributed by atoms with E-state index < -0.39 is 15.7 Å². The lowest BCUT2D eigenvalue weighted by atomic mass is 10.1. The third-order valence-corrected chi connectivity index (χ3v) is 8.52. The maximum Gasteiger partial charge on any atom is 0.283 e. The van der Waals surface area contributed by atoms with Gasteiger partial charge in [-0.15, -0.1) is 16.9 Å². The Labute approximate surface area is 218 Å². The normalized spacial score (nSPS) is 16.6. The fraction of sp³-hybridized carbons (Fsp3) is 0.250. The molecule has 0 aromatic heterocycles. The topological polar surface area (TPSA) is 121 Å². The molecular weight excluding hydrogens is 520 g/mol. The summed E-state index contributed by atoms with van der Waals surface area (Å²) in [6, 6.07) is 13.5. The van der Waals surface area contributed by atoms with Crippen molar-refractivity contribution >= 4 is 60.7 Å². The van der Waals surface area contributed by atoms with Crippen molar-refractivity contribution in [1.82, 2.24) is 5.01 Å². The van der Waals surface area contributed by atoms with Crippen LogP contribution in [0.2, 0.25) is 0 Å². The molecule has 2 aliphatic rings. The van der Waals surface area contributed by atoms with Crippen LogP contribution < -0.4 is 9.47 Å². The molecule has 0 fully saturated rings. The van der Waals surface area contributed by atoms with Crippen molar-refractivity contribution in [1.29, 1.82) is 5.41 Å². The number of hydrazone groups is 1. The number of ether oxygens (including phenoxy) is 2. The smallest absolute Gasteiger partial charge is 0.283 e. The Balaban J connectivity index is 1.48. The summed E-state index contributed by atoms with van der Waals surface area (Å²) in [5.41, 5.74) is 1.81. The number of nitrogens with zero attached hydrogens (tertiary/aromatic N) is 3. The van der Waals surface area contributed by atoms with Gasteiger partial charge in [0.1, 0.15) is 0 Å². The number of benzene rings is 2. The number of carbonyl (C=O) groups is 1. The zero-order chi connectivity index (χ0) is 25.9. The van der Waals surface area contributed by atoms with Gasteiger partial charge in [-0.2, -0.15) is 10.0 Å². The van der Waals surface area contributed by atoms with E-state index in [4.69, 9.17) is 14.9 Å². The number of aliphatic imine (C=N–C) groups is 1. The van der Waals surface area contributed by atoms with Crippen molar-refractivity contribution in [2.24, 2.45) is 10.1 Å². The monoisotopic (exact) mass is 544 g/mol. The molecule has 12 heteroatoms. The lowest BCUT2D eigenvalue weighted by molar-refractivity contribution is -0.114. The van der Waals surface area contributed by atoms with Crippen LogP contribution in [0.5, 0.6) is 11.5 Å². The molecule has 2 aliphatic heterocycles. The molecule has 0 aliphatic carbocycles. The van der Waals surface area contributed by atoms with E-state index in [1.807, 2.05) is 6.92 Å². The van der Waals surface area contributed by atoms with Gasteiger partial charge in [0.15, 0.2) is 17.3 Å². The van der Waals surface area contributed by atoms with Gasteiger partial charge in [-0.1, -0.05) is 23.8 Å². The molecule has 2 aromatic rings. The number of amidine groups is 2. The van der Waals surface area contributed by atoms with Crippen LogP contribution in [-0.4, -0.2) is 59.9 Å². The van der Waals surface area contributed by atoms with E-state index in [1.165, 1.54) is 16.5 Å². The van der Waals surface area contributed by atoms with Crippen LogP contribution in [0, 0.1) is 12.3 Å². The first-order valence-electron chi connectivity index (χ1n) is 10.9. The van der Waals surface area contributed by atoms with Crippen molar-refractivity contribution in [2.45, 2.75) is 18.7 Å². The summed E-state index contributed by atoms with van der Waals surface area (Å²) in [7, 11) is -3.59. The summed E-state index contributed by atoms with van der Waals surface area (Å²) in [4.78, 5) is 17.7. The number of hydrogen-bond donors (Lipinski definition) is 1. The van der Waals surface area contributed by atoms with Crippen molar-refractivity contribution < 1.29 is 22.7 Å². The van der Waals surface area contributed by atoms with E-state index in [-0.39, 0.29) is 21.0 Å². The summed E-state index contributed by atoms with van der Waals surface area (Å²) < 4.78 is 35.1. The molecule has 0 unspecified atom stereocenters. The van der Waals surface area contributed by atoms with Gasteiger partial charge < -0.3 is 9.47 Å². The van der Waals surface area contributed by atoms with Gasteiger partial charge in [0.25, 0.3) is 5.91 Å². The molecule has 0 saturated carbocycles. The highest BCUT2D eigenvalue weighted by atomic mass is 32.3. The molecule has 1 amide bonds. The molecule has 1 N–H and O–H groups in total. The first-order chi connectivity index (χ1) is 17.2. The van der Waals surface area contributed by atoms with E-state index >= 15 is 0 Å². The predicted octanol–water partition coefficient (Wildman–Crippen LogP) is 4.19. The Hall–Kier alpha value is -3.09. The van der Waals surface area contributed by atoms with Gasteiger partial charge in [0.05, 0.1) is 18.8 Å². The van der Waals surface area contributed by atoms with E-state index in [0.717, 1.165) is 28.8 Å². The molecule has 9 nitrogen and oxygen atoms in total. The number of sulfone groups is 1. The standard InChI is InChI=1S/C24H24N4O5S3/c1-4-32-20-14-16(7-10-19(20)33-11-12-34-17-8-5-15(2)6-9-17)13-18-21(25)28-23(26-22(18)29)35-24(27-28)36(3,30)31/h5-10,13-14,25H,4,11-12H2,1-3H3/b18-13+,25-21?. The Kier molecular flexibility index (Phi) is 7.86. The van der Waals surface area contributed by atoms with Crippen LogP contribution in [0.15, 0.2) is 63.0 Å². The van der Waals surface area contributed by atoms with E-state index in [9.17, 15) is 13.2 Å². The van der Waals surface area contributed by atoms with Gasteiger partial charge in [-0.05, 0) is 61.5 Å². The highest BCUT2D eigenvalue weighted by Crippen LogP contribution is 2.32. The maximum absolute atomic E-state index is 12.6. The third kappa shape index (κ3) is 6.00. The average Bonchev–Trinajstić information content (AvgIpc) is 3.27. The van der Waals surface area contributed by atoms with Crippen LogP contribution in [-0.2, 0) is 14.6 Å². The van der Waals surface area contributed by atoms with E-state index in [2.05, 4.69) is 41.3 Å². The molecule has 4 rings (SSSR count). The molecular formula is C24H24N4O5S3. The van der Waals surface area contributed by atoms with Crippen LogP contribution >= 0.6 is 23.5 Å². The fourth-order valence-electron chi connectivity index (χ4n) is 3.24. The minimum absolute atomic E-state index is 0.0107. The maximum atomic E-state index is 12.6. The van der Waals surface area contributed by atoms with Crippen LogP contribution in [0.4, 0.5) is 0 Å². The number of fused-ring (bicyclic) bond motifs is 1. The average molecular weight is 545 g/mol. The zero-order valence-corrected chi connectivity index (χ0v) is 22.3. The van der Waals surface area contributed by atoms with Gasteiger partial charge >= 0.3 is 0 Å². The quantitative estimate of drug-likeness (QED) is 0.298. The van der Waals surface area contributed by atoms with Crippen molar-refractivity contribution in [2.75, 3.05) is 25.2 Å². The van der Waals surface area contributed by atoms with Crippen molar-refractivity contribution in [3.63, 3.8) is 0 Å². The second kappa shape index (κ2) is 10.9. The van der Waals surface area contributed by atoms with Crippen molar-refractivity contribution in [3.8, 4) is 11.5 Å². The van der Waals surface area contributed by atoms with Crippen molar-refractivity contribution in [3.05, 3.63) is 59.2 Å². The summed E-state index contributed by atoms with van der Waals surface area (Å²) in [5, 5.41) is 13.5. The number of carbonyl (C=O) groups excluding carboxylic acids is 1. The van der Waals surface area contributed by atoms with Gasteiger partial charge in [0, 0.05) is 16.9 Å². The van der Waals surface area contributed by atoms with Gasteiger partial charge in [-0.3, -0.25) is 10.2 Å². The molecule has 0 saturated heterocycles.